The lowest BCUT2D eigenvalue weighted by atomic mass is 9.97. The molecule has 0 saturated carbocycles. The minimum Gasteiger partial charge on any atom is -0.354 e. The Morgan fingerprint density at radius 3 is 2.70 bits per heavy atom. The molecule has 2 N–H and O–H groups in total. The summed E-state index contributed by atoms with van der Waals surface area (Å²) in [6.07, 6.45) is 9.16. The normalized spacial score (nSPS) is 13.7. The molecule has 5 nitrogen and oxygen atoms in total. The smallest absolute Gasteiger partial charge is 0.270 e. The largest absolute Gasteiger partial charge is 0.354 e. The highest BCUT2D eigenvalue weighted by Gasteiger charge is 2.10. The molecule has 1 aliphatic carbocycles. The molecule has 0 saturated heterocycles. The van der Waals surface area contributed by atoms with E-state index in [9.17, 15) is 4.79 Å². The van der Waals surface area contributed by atoms with Crippen LogP contribution in [0.4, 0.5) is 5.95 Å². The maximum atomic E-state index is 12.4. The van der Waals surface area contributed by atoms with Gasteiger partial charge in [-0.15, -0.1) is 0 Å². The van der Waals surface area contributed by atoms with Gasteiger partial charge in [-0.1, -0.05) is 42.0 Å². The number of nitrogens with one attached hydrogen (secondary N) is 2. The molecule has 1 amide bonds. The van der Waals surface area contributed by atoms with E-state index >= 15 is 0 Å². The SMILES string of the molecule is Cc1cc(C(=O)NCCc2ccccc2)nc(NCCC2=CCCCC2)n1. The van der Waals surface area contributed by atoms with Gasteiger partial charge >= 0.3 is 0 Å². The second-order valence-corrected chi connectivity index (χ2v) is 6.99. The summed E-state index contributed by atoms with van der Waals surface area (Å²) in [4.78, 5) is 21.2. The Hall–Kier alpha value is -2.69. The van der Waals surface area contributed by atoms with Gasteiger partial charge in [0, 0.05) is 18.8 Å². The molecule has 27 heavy (non-hydrogen) atoms. The number of nitrogens with zero attached hydrogens (tertiary/aromatic N) is 2. The molecule has 0 fully saturated rings. The van der Waals surface area contributed by atoms with Gasteiger partial charge in [0.25, 0.3) is 5.91 Å². The van der Waals surface area contributed by atoms with Crippen LogP contribution in [0.25, 0.3) is 0 Å². The molecular formula is C22H28N4O. The molecule has 0 spiro atoms. The first-order chi connectivity index (χ1) is 13.2. The number of anilines is 1. The lowest BCUT2D eigenvalue weighted by molar-refractivity contribution is 0.0949. The summed E-state index contributed by atoms with van der Waals surface area (Å²) in [5, 5.41) is 6.21. The van der Waals surface area contributed by atoms with E-state index in [0.29, 0.717) is 18.2 Å². The number of allylic oxidation sites excluding steroid dienone is 1. The van der Waals surface area contributed by atoms with Crippen LogP contribution in [-0.2, 0) is 6.42 Å². The highest BCUT2D eigenvalue weighted by atomic mass is 16.1. The number of hydrogen-bond acceptors (Lipinski definition) is 4. The van der Waals surface area contributed by atoms with E-state index in [2.05, 4.69) is 38.8 Å². The summed E-state index contributed by atoms with van der Waals surface area (Å²) >= 11 is 0. The number of aryl methyl sites for hydroxylation is 1. The van der Waals surface area contributed by atoms with Crippen molar-refractivity contribution in [3.05, 3.63) is 65.0 Å². The maximum absolute atomic E-state index is 12.4. The van der Waals surface area contributed by atoms with Crippen molar-refractivity contribution in [1.82, 2.24) is 15.3 Å². The van der Waals surface area contributed by atoms with E-state index in [1.165, 1.54) is 36.8 Å². The highest BCUT2D eigenvalue weighted by molar-refractivity contribution is 5.92. The van der Waals surface area contributed by atoms with E-state index in [1.807, 2.05) is 25.1 Å². The number of rotatable bonds is 8. The van der Waals surface area contributed by atoms with Crippen LogP contribution in [0.5, 0.6) is 0 Å². The molecule has 0 aliphatic heterocycles. The topological polar surface area (TPSA) is 66.9 Å². The number of carbonyl (C=O) groups is 1. The lowest BCUT2D eigenvalue weighted by Crippen LogP contribution is -2.27. The lowest BCUT2D eigenvalue weighted by Gasteiger charge is -2.13. The van der Waals surface area contributed by atoms with Gasteiger partial charge in [-0.05, 0) is 57.1 Å². The maximum Gasteiger partial charge on any atom is 0.270 e. The van der Waals surface area contributed by atoms with E-state index in [-0.39, 0.29) is 5.91 Å². The minimum absolute atomic E-state index is 0.158. The van der Waals surface area contributed by atoms with Gasteiger partial charge in [-0.3, -0.25) is 4.79 Å². The molecule has 1 aromatic carbocycles. The second-order valence-electron chi connectivity index (χ2n) is 6.99. The third kappa shape index (κ3) is 6.20. The van der Waals surface area contributed by atoms with Gasteiger partial charge in [-0.2, -0.15) is 0 Å². The quantitative estimate of drug-likeness (QED) is 0.693. The molecule has 1 aliphatic rings. The zero-order chi connectivity index (χ0) is 18.9. The Balaban J connectivity index is 1.50. The Kier molecular flexibility index (Phi) is 6.97. The summed E-state index contributed by atoms with van der Waals surface area (Å²) in [5.74, 6) is 0.370. The number of aromatic nitrogens is 2. The molecule has 142 valence electrons. The van der Waals surface area contributed by atoms with Crippen LogP contribution in [0, 0.1) is 6.92 Å². The number of hydrogen-bond donors (Lipinski definition) is 2. The summed E-state index contributed by atoms with van der Waals surface area (Å²) < 4.78 is 0. The van der Waals surface area contributed by atoms with Crippen LogP contribution in [-0.4, -0.2) is 29.0 Å². The summed E-state index contributed by atoms with van der Waals surface area (Å²) in [5.41, 5.74) is 3.92. The third-order valence-electron chi connectivity index (χ3n) is 4.74. The highest BCUT2D eigenvalue weighted by Crippen LogP contribution is 2.19. The van der Waals surface area contributed by atoms with Crippen LogP contribution in [0.15, 0.2) is 48.0 Å². The van der Waals surface area contributed by atoms with Crippen molar-refractivity contribution >= 4 is 11.9 Å². The Morgan fingerprint density at radius 1 is 1.07 bits per heavy atom. The molecule has 2 aromatic rings. The first-order valence-corrected chi connectivity index (χ1v) is 9.80. The standard InChI is InChI=1S/C22H28N4O/c1-17-16-20(21(27)23-14-12-18-8-4-2-5-9-18)26-22(25-17)24-15-13-19-10-6-3-7-11-19/h2,4-5,8-10,16H,3,6-7,11-15H2,1H3,(H,23,27)(H,24,25,26). The minimum atomic E-state index is -0.158. The van der Waals surface area contributed by atoms with Crippen molar-refractivity contribution in [2.75, 3.05) is 18.4 Å². The molecule has 1 heterocycles. The van der Waals surface area contributed by atoms with Gasteiger partial charge < -0.3 is 10.6 Å². The molecule has 1 aromatic heterocycles. The first-order valence-electron chi connectivity index (χ1n) is 9.80. The van der Waals surface area contributed by atoms with Crippen molar-refractivity contribution in [2.45, 2.75) is 45.4 Å². The predicted octanol–water partition coefficient (Wildman–Crippen LogP) is 4.06. The van der Waals surface area contributed by atoms with Crippen LogP contribution >= 0.6 is 0 Å². The molecular weight excluding hydrogens is 336 g/mol. The molecule has 5 heteroatoms. The predicted molar refractivity (Wildman–Crippen MR) is 109 cm³/mol. The fraction of sp³-hybridized carbons (Fsp3) is 0.409. The van der Waals surface area contributed by atoms with Gasteiger partial charge in [0.2, 0.25) is 5.95 Å². The van der Waals surface area contributed by atoms with Gasteiger partial charge in [0.05, 0.1) is 0 Å². The summed E-state index contributed by atoms with van der Waals surface area (Å²) in [6, 6.07) is 11.9. The van der Waals surface area contributed by atoms with E-state index in [1.54, 1.807) is 6.07 Å². The monoisotopic (exact) mass is 364 g/mol. The average molecular weight is 364 g/mol. The van der Waals surface area contributed by atoms with Gasteiger partial charge in [0.1, 0.15) is 5.69 Å². The third-order valence-corrected chi connectivity index (χ3v) is 4.74. The fourth-order valence-corrected chi connectivity index (χ4v) is 3.29. The van der Waals surface area contributed by atoms with Crippen molar-refractivity contribution in [2.24, 2.45) is 0 Å². The van der Waals surface area contributed by atoms with E-state index in [0.717, 1.165) is 25.1 Å². The molecule has 0 unspecified atom stereocenters. The summed E-state index contributed by atoms with van der Waals surface area (Å²) in [7, 11) is 0. The number of carbonyl (C=O) groups excluding carboxylic acids is 1. The van der Waals surface area contributed by atoms with Gasteiger partial charge in [-0.25, -0.2) is 9.97 Å². The molecule has 3 rings (SSSR count). The Bertz CT molecular complexity index is 786. The van der Waals surface area contributed by atoms with Crippen molar-refractivity contribution < 1.29 is 4.79 Å². The zero-order valence-corrected chi connectivity index (χ0v) is 16.0. The molecule has 0 radical (unpaired) electrons. The fourth-order valence-electron chi connectivity index (χ4n) is 3.29. The number of benzene rings is 1. The molecule has 0 atom stereocenters. The van der Waals surface area contributed by atoms with Crippen LogP contribution in [0.2, 0.25) is 0 Å². The molecule has 0 bridgehead atoms. The summed E-state index contributed by atoms with van der Waals surface area (Å²) in [6.45, 7) is 3.27. The van der Waals surface area contributed by atoms with Crippen molar-refractivity contribution in [3.8, 4) is 0 Å². The zero-order valence-electron chi connectivity index (χ0n) is 16.0. The van der Waals surface area contributed by atoms with Gasteiger partial charge in [0.15, 0.2) is 0 Å². The van der Waals surface area contributed by atoms with Crippen molar-refractivity contribution in [3.63, 3.8) is 0 Å². The van der Waals surface area contributed by atoms with Crippen molar-refractivity contribution in [1.29, 1.82) is 0 Å². The Labute approximate surface area is 161 Å². The number of amides is 1. The van der Waals surface area contributed by atoms with Crippen LogP contribution in [0.3, 0.4) is 0 Å². The average Bonchev–Trinajstić information content (AvgIpc) is 2.69. The Morgan fingerprint density at radius 2 is 1.93 bits per heavy atom. The van der Waals surface area contributed by atoms with E-state index in [4.69, 9.17) is 0 Å². The van der Waals surface area contributed by atoms with Crippen LogP contribution in [0.1, 0.15) is 53.8 Å². The van der Waals surface area contributed by atoms with Crippen LogP contribution < -0.4 is 10.6 Å². The van der Waals surface area contributed by atoms with E-state index < -0.39 is 0 Å². The second kappa shape index (κ2) is 9.86. The first kappa shape index (κ1) is 19.1.